The average Bonchev–Trinajstić information content (AvgIpc) is 2.92. The van der Waals surface area contributed by atoms with E-state index in [0.717, 1.165) is 11.1 Å². The average molecular weight is 267 g/mol. The SMILES string of the molecule is CC1(CO)COC(c2ccc(-c3ccccc3)cc2)=N1. The summed E-state index contributed by atoms with van der Waals surface area (Å²) in [5, 5.41) is 9.30. The summed E-state index contributed by atoms with van der Waals surface area (Å²) in [6.07, 6.45) is 0. The van der Waals surface area contributed by atoms with Crippen LogP contribution in [0.5, 0.6) is 0 Å². The molecule has 0 spiro atoms. The van der Waals surface area contributed by atoms with Crippen LogP contribution < -0.4 is 0 Å². The molecule has 0 saturated heterocycles. The molecule has 1 heterocycles. The summed E-state index contributed by atoms with van der Waals surface area (Å²) in [5.74, 6) is 0.612. The van der Waals surface area contributed by atoms with Crippen LogP contribution in [0.4, 0.5) is 0 Å². The molecule has 20 heavy (non-hydrogen) atoms. The van der Waals surface area contributed by atoms with E-state index < -0.39 is 5.54 Å². The molecule has 0 amide bonds. The molecule has 1 unspecified atom stereocenters. The minimum Gasteiger partial charge on any atom is -0.475 e. The molecule has 102 valence electrons. The van der Waals surface area contributed by atoms with Gasteiger partial charge < -0.3 is 9.84 Å². The van der Waals surface area contributed by atoms with Crippen molar-refractivity contribution in [3.8, 4) is 11.1 Å². The molecular weight excluding hydrogens is 250 g/mol. The molecular formula is C17H17NO2. The number of hydrogen-bond donors (Lipinski definition) is 1. The fourth-order valence-electron chi connectivity index (χ4n) is 2.20. The number of aliphatic hydroxyl groups excluding tert-OH is 1. The van der Waals surface area contributed by atoms with Gasteiger partial charge in [-0.25, -0.2) is 4.99 Å². The second-order valence-electron chi connectivity index (χ2n) is 5.30. The molecule has 2 aromatic rings. The van der Waals surface area contributed by atoms with Crippen LogP contribution in [-0.4, -0.2) is 29.8 Å². The minimum absolute atomic E-state index is 0.00139. The summed E-state index contributed by atoms with van der Waals surface area (Å²) in [5.41, 5.74) is 2.79. The highest BCUT2D eigenvalue weighted by atomic mass is 16.5. The lowest BCUT2D eigenvalue weighted by Crippen LogP contribution is -2.28. The molecule has 1 aliphatic heterocycles. The molecule has 1 N–H and O–H groups in total. The van der Waals surface area contributed by atoms with Gasteiger partial charge in [-0.15, -0.1) is 0 Å². The maximum Gasteiger partial charge on any atom is 0.216 e. The smallest absolute Gasteiger partial charge is 0.216 e. The van der Waals surface area contributed by atoms with Crippen molar-refractivity contribution in [1.82, 2.24) is 0 Å². The number of aliphatic imine (C=N–C) groups is 1. The highest BCUT2D eigenvalue weighted by molar-refractivity contribution is 5.95. The van der Waals surface area contributed by atoms with E-state index in [4.69, 9.17) is 4.74 Å². The van der Waals surface area contributed by atoms with E-state index in [1.807, 2.05) is 37.3 Å². The van der Waals surface area contributed by atoms with Crippen LogP contribution in [0.2, 0.25) is 0 Å². The zero-order valence-corrected chi connectivity index (χ0v) is 11.4. The second-order valence-corrected chi connectivity index (χ2v) is 5.30. The Balaban J connectivity index is 1.86. The molecule has 2 aromatic carbocycles. The molecule has 0 bridgehead atoms. The molecule has 0 aromatic heterocycles. The van der Waals surface area contributed by atoms with Crippen LogP contribution in [0.25, 0.3) is 11.1 Å². The lowest BCUT2D eigenvalue weighted by atomic mass is 10.0. The number of aliphatic hydroxyl groups is 1. The lowest BCUT2D eigenvalue weighted by Gasteiger charge is -2.12. The molecule has 0 saturated carbocycles. The summed E-state index contributed by atoms with van der Waals surface area (Å²) < 4.78 is 5.58. The Kier molecular flexibility index (Phi) is 3.28. The van der Waals surface area contributed by atoms with Gasteiger partial charge in [-0.2, -0.15) is 0 Å². The fraction of sp³-hybridized carbons (Fsp3) is 0.235. The largest absolute Gasteiger partial charge is 0.475 e. The molecule has 1 aliphatic rings. The third-order valence-electron chi connectivity index (χ3n) is 3.47. The Morgan fingerprint density at radius 3 is 2.20 bits per heavy atom. The normalized spacial score (nSPS) is 21.4. The quantitative estimate of drug-likeness (QED) is 0.929. The topological polar surface area (TPSA) is 41.8 Å². The van der Waals surface area contributed by atoms with Gasteiger partial charge in [0.25, 0.3) is 0 Å². The fourth-order valence-corrected chi connectivity index (χ4v) is 2.20. The van der Waals surface area contributed by atoms with Gasteiger partial charge in [-0.05, 0) is 30.2 Å². The second kappa shape index (κ2) is 5.10. The van der Waals surface area contributed by atoms with Gasteiger partial charge in [0.1, 0.15) is 12.1 Å². The molecule has 3 heteroatoms. The Labute approximate surface area is 118 Å². The molecule has 0 radical (unpaired) electrons. The molecule has 3 rings (SSSR count). The van der Waals surface area contributed by atoms with Crippen molar-refractivity contribution >= 4 is 5.90 Å². The summed E-state index contributed by atoms with van der Waals surface area (Å²) in [4.78, 5) is 4.46. The van der Waals surface area contributed by atoms with Crippen LogP contribution in [0.1, 0.15) is 12.5 Å². The van der Waals surface area contributed by atoms with Crippen molar-refractivity contribution in [2.45, 2.75) is 12.5 Å². The van der Waals surface area contributed by atoms with Crippen LogP contribution in [0.15, 0.2) is 59.6 Å². The van der Waals surface area contributed by atoms with E-state index in [1.54, 1.807) is 0 Å². The number of ether oxygens (including phenoxy) is 1. The highest BCUT2D eigenvalue weighted by Gasteiger charge is 2.31. The number of hydrogen-bond acceptors (Lipinski definition) is 3. The molecule has 0 fully saturated rings. The van der Waals surface area contributed by atoms with Crippen LogP contribution in [-0.2, 0) is 4.74 Å². The number of nitrogens with zero attached hydrogens (tertiary/aromatic N) is 1. The zero-order chi connectivity index (χ0) is 14.0. The van der Waals surface area contributed by atoms with Crippen molar-refractivity contribution in [2.24, 2.45) is 4.99 Å². The third-order valence-corrected chi connectivity index (χ3v) is 3.47. The van der Waals surface area contributed by atoms with Gasteiger partial charge in [0.15, 0.2) is 0 Å². The van der Waals surface area contributed by atoms with E-state index >= 15 is 0 Å². The van der Waals surface area contributed by atoms with Gasteiger partial charge in [0.05, 0.1) is 6.61 Å². The third kappa shape index (κ3) is 2.45. The first-order chi connectivity index (χ1) is 9.70. The van der Waals surface area contributed by atoms with E-state index in [1.165, 1.54) is 5.56 Å². The first-order valence-corrected chi connectivity index (χ1v) is 6.70. The summed E-state index contributed by atoms with van der Waals surface area (Å²) in [7, 11) is 0. The predicted molar refractivity (Wildman–Crippen MR) is 79.9 cm³/mol. The maximum absolute atomic E-state index is 9.30. The molecule has 3 nitrogen and oxygen atoms in total. The zero-order valence-electron chi connectivity index (χ0n) is 11.4. The van der Waals surface area contributed by atoms with E-state index in [9.17, 15) is 5.11 Å². The van der Waals surface area contributed by atoms with Gasteiger partial charge in [0.2, 0.25) is 5.90 Å². The van der Waals surface area contributed by atoms with Crippen molar-refractivity contribution in [1.29, 1.82) is 0 Å². The van der Waals surface area contributed by atoms with Gasteiger partial charge in [-0.1, -0.05) is 42.5 Å². The van der Waals surface area contributed by atoms with E-state index in [-0.39, 0.29) is 6.61 Å². The van der Waals surface area contributed by atoms with Gasteiger partial charge >= 0.3 is 0 Å². The maximum atomic E-state index is 9.30. The van der Waals surface area contributed by atoms with E-state index in [2.05, 4.69) is 29.3 Å². The number of benzene rings is 2. The van der Waals surface area contributed by atoms with Crippen LogP contribution in [0.3, 0.4) is 0 Å². The number of rotatable bonds is 3. The Morgan fingerprint density at radius 2 is 1.60 bits per heavy atom. The highest BCUT2D eigenvalue weighted by Crippen LogP contribution is 2.23. The van der Waals surface area contributed by atoms with Crippen molar-refractivity contribution in [3.63, 3.8) is 0 Å². The Bertz CT molecular complexity index is 619. The van der Waals surface area contributed by atoms with Gasteiger partial charge in [-0.3, -0.25) is 0 Å². The van der Waals surface area contributed by atoms with Gasteiger partial charge in [0, 0.05) is 5.56 Å². The van der Waals surface area contributed by atoms with Crippen molar-refractivity contribution < 1.29 is 9.84 Å². The molecule has 0 aliphatic carbocycles. The Hall–Kier alpha value is -2.13. The minimum atomic E-state index is -0.507. The predicted octanol–water partition coefficient (Wildman–Crippen LogP) is 2.88. The lowest BCUT2D eigenvalue weighted by molar-refractivity contribution is 0.170. The summed E-state index contributed by atoms with van der Waals surface area (Å²) in [6.45, 7) is 2.32. The van der Waals surface area contributed by atoms with Crippen molar-refractivity contribution in [2.75, 3.05) is 13.2 Å². The van der Waals surface area contributed by atoms with Crippen LogP contribution >= 0.6 is 0 Å². The van der Waals surface area contributed by atoms with Crippen LogP contribution in [0, 0.1) is 0 Å². The Morgan fingerprint density at radius 1 is 1.00 bits per heavy atom. The molecule has 1 atom stereocenters. The van der Waals surface area contributed by atoms with Crippen molar-refractivity contribution in [3.05, 3.63) is 60.2 Å². The monoisotopic (exact) mass is 267 g/mol. The summed E-state index contributed by atoms with van der Waals surface area (Å²) >= 11 is 0. The standard InChI is InChI=1S/C17H17NO2/c1-17(11-19)12-20-16(18-17)15-9-7-14(8-10-15)13-5-3-2-4-6-13/h2-10,19H,11-12H2,1H3. The first kappa shape index (κ1) is 12.9. The summed E-state index contributed by atoms with van der Waals surface area (Å²) in [6, 6.07) is 18.4. The van der Waals surface area contributed by atoms with E-state index in [0.29, 0.717) is 12.5 Å². The first-order valence-electron chi connectivity index (χ1n) is 6.70.